The van der Waals surface area contributed by atoms with Crippen LogP contribution in [-0.2, 0) is 6.54 Å². The Morgan fingerprint density at radius 3 is 2.89 bits per heavy atom. The SMILES string of the molecule is CCCC1CC1NCc1ncc(C)c(OC)c1C. The van der Waals surface area contributed by atoms with Gasteiger partial charge in [0, 0.05) is 29.9 Å². The first-order chi connectivity index (χ1) is 8.67. The molecule has 1 aromatic rings. The molecule has 1 aromatic heterocycles. The van der Waals surface area contributed by atoms with Gasteiger partial charge in [-0.3, -0.25) is 4.98 Å². The van der Waals surface area contributed by atoms with E-state index in [1.807, 2.05) is 13.1 Å². The van der Waals surface area contributed by atoms with Gasteiger partial charge < -0.3 is 10.1 Å². The molecule has 18 heavy (non-hydrogen) atoms. The van der Waals surface area contributed by atoms with Crippen LogP contribution in [-0.4, -0.2) is 18.1 Å². The summed E-state index contributed by atoms with van der Waals surface area (Å²) in [6.45, 7) is 7.24. The number of pyridine rings is 1. The van der Waals surface area contributed by atoms with Crippen LogP contribution in [0.1, 0.15) is 43.0 Å². The summed E-state index contributed by atoms with van der Waals surface area (Å²) in [5.74, 6) is 1.87. The lowest BCUT2D eigenvalue weighted by Crippen LogP contribution is -2.19. The highest BCUT2D eigenvalue weighted by molar-refractivity contribution is 5.41. The van der Waals surface area contributed by atoms with Crippen molar-refractivity contribution in [1.82, 2.24) is 10.3 Å². The normalized spacial score (nSPS) is 22.0. The molecule has 3 heteroatoms. The van der Waals surface area contributed by atoms with Gasteiger partial charge in [-0.2, -0.15) is 0 Å². The molecule has 1 N–H and O–H groups in total. The minimum absolute atomic E-state index is 0.707. The van der Waals surface area contributed by atoms with E-state index in [1.54, 1.807) is 7.11 Å². The van der Waals surface area contributed by atoms with Gasteiger partial charge in [-0.15, -0.1) is 0 Å². The van der Waals surface area contributed by atoms with E-state index in [2.05, 4.69) is 24.1 Å². The van der Waals surface area contributed by atoms with Gasteiger partial charge in [0.25, 0.3) is 0 Å². The Balaban J connectivity index is 1.94. The van der Waals surface area contributed by atoms with Gasteiger partial charge in [0.15, 0.2) is 0 Å². The monoisotopic (exact) mass is 248 g/mol. The van der Waals surface area contributed by atoms with Crippen LogP contribution in [0, 0.1) is 19.8 Å². The molecule has 0 spiro atoms. The van der Waals surface area contributed by atoms with Crippen molar-refractivity contribution in [2.75, 3.05) is 7.11 Å². The average molecular weight is 248 g/mol. The van der Waals surface area contributed by atoms with Gasteiger partial charge in [0.05, 0.1) is 12.8 Å². The van der Waals surface area contributed by atoms with Crippen molar-refractivity contribution in [1.29, 1.82) is 0 Å². The van der Waals surface area contributed by atoms with Crippen molar-refractivity contribution in [3.63, 3.8) is 0 Å². The maximum Gasteiger partial charge on any atom is 0.128 e. The molecule has 0 bridgehead atoms. The molecular weight excluding hydrogens is 224 g/mol. The van der Waals surface area contributed by atoms with E-state index in [9.17, 15) is 0 Å². The molecule has 0 saturated heterocycles. The Kier molecular flexibility index (Phi) is 4.23. The minimum Gasteiger partial charge on any atom is -0.496 e. The predicted octanol–water partition coefficient (Wildman–Crippen LogP) is 2.99. The number of hydrogen-bond acceptors (Lipinski definition) is 3. The summed E-state index contributed by atoms with van der Waals surface area (Å²) in [6, 6.07) is 0.707. The molecule has 1 saturated carbocycles. The van der Waals surface area contributed by atoms with Gasteiger partial charge >= 0.3 is 0 Å². The second-order valence-corrected chi connectivity index (χ2v) is 5.32. The zero-order valence-electron chi connectivity index (χ0n) is 11.9. The molecule has 2 atom stereocenters. The van der Waals surface area contributed by atoms with Crippen molar-refractivity contribution in [3.8, 4) is 5.75 Å². The summed E-state index contributed by atoms with van der Waals surface area (Å²) in [5.41, 5.74) is 3.38. The van der Waals surface area contributed by atoms with Crippen LogP contribution in [0.2, 0.25) is 0 Å². The summed E-state index contributed by atoms with van der Waals surface area (Å²) in [4.78, 5) is 4.51. The van der Waals surface area contributed by atoms with E-state index in [-0.39, 0.29) is 0 Å². The van der Waals surface area contributed by atoms with Crippen molar-refractivity contribution in [3.05, 3.63) is 23.0 Å². The molecule has 1 fully saturated rings. The number of aryl methyl sites for hydroxylation is 1. The third-order valence-corrected chi connectivity index (χ3v) is 3.86. The third kappa shape index (κ3) is 2.83. The lowest BCUT2D eigenvalue weighted by atomic mass is 10.1. The van der Waals surface area contributed by atoms with Crippen molar-refractivity contribution < 1.29 is 4.74 Å². The average Bonchev–Trinajstić information content (AvgIpc) is 3.08. The lowest BCUT2D eigenvalue weighted by molar-refractivity contribution is 0.406. The van der Waals surface area contributed by atoms with Crippen LogP contribution < -0.4 is 10.1 Å². The first-order valence-corrected chi connectivity index (χ1v) is 6.89. The van der Waals surface area contributed by atoms with E-state index >= 15 is 0 Å². The number of methoxy groups -OCH3 is 1. The fourth-order valence-corrected chi connectivity index (χ4v) is 2.66. The maximum absolute atomic E-state index is 5.43. The van der Waals surface area contributed by atoms with Crippen LogP contribution in [0.4, 0.5) is 0 Å². The number of rotatable bonds is 6. The van der Waals surface area contributed by atoms with Crippen LogP contribution in [0.15, 0.2) is 6.20 Å². The summed E-state index contributed by atoms with van der Waals surface area (Å²) in [7, 11) is 1.73. The number of hydrogen-bond donors (Lipinski definition) is 1. The molecule has 0 radical (unpaired) electrons. The summed E-state index contributed by atoms with van der Waals surface area (Å²) >= 11 is 0. The zero-order chi connectivity index (χ0) is 13.1. The standard InChI is InChI=1S/C15H24N2O/c1-5-6-12-7-13(12)17-9-14-11(3)15(18-4)10(2)8-16-14/h8,12-13,17H,5-7,9H2,1-4H3. The third-order valence-electron chi connectivity index (χ3n) is 3.86. The molecule has 100 valence electrons. The predicted molar refractivity (Wildman–Crippen MR) is 73.9 cm³/mol. The first kappa shape index (κ1) is 13.3. The molecular formula is C15H24N2O. The molecule has 2 unspecified atom stereocenters. The number of ether oxygens (including phenoxy) is 1. The summed E-state index contributed by atoms with van der Waals surface area (Å²) in [5, 5.41) is 3.60. The summed E-state index contributed by atoms with van der Waals surface area (Å²) < 4.78 is 5.43. The van der Waals surface area contributed by atoms with E-state index in [1.165, 1.54) is 19.3 Å². The van der Waals surface area contributed by atoms with Crippen molar-refractivity contribution in [2.24, 2.45) is 5.92 Å². The number of nitrogens with zero attached hydrogens (tertiary/aromatic N) is 1. The van der Waals surface area contributed by atoms with Gasteiger partial charge in [-0.05, 0) is 32.6 Å². The van der Waals surface area contributed by atoms with Crippen LogP contribution in [0.5, 0.6) is 5.75 Å². The largest absolute Gasteiger partial charge is 0.496 e. The van der Waals surface area contributed by atoms with E-state index in [0.717, 1.165) is 35.0 Å². The molecule has 1 aliphatic rings. The highest BCUT2D eigenvalue weighted by Crippen LogP contribution is 2.35. The summed E-state index contributed by atoms with van der Waals surface area (Å²) in [6.07, 6.45) is 5.87. The van der Waals surface area contributed by atoms with Crippen molar-refractivity contribution >= 4 is 0 Å². The molecule has 3 nitrogen and oxygen atoms in total. The Hall–Kier alpha value is -1.09. The van der Waals surface area contributed by atoms with Gasteiger partial charge in [0.2, 0.25) is 0 Å². The highest BCUT2D eigenvalue weighted by Gasteiger charge is 2.35. The fourth-order valence-electron chi connectivity index (χ4n) is 2.66. The van der Waals surface area contributed by atoms with E-state index in [0.29, 0.717) is 6.04 Å². The van der Waals surface area contributed by atoms with Crippen LogP contribution in [0.25, 0.3) is 0 Å². The lowest BCUT2D eigenvalue weighted by Gasteiger charge is -2.12. The van der Waals surface area contributed by atoms with Crippen LogP contribution >= 0.6 is 0 Å². The molecule has 2 rings (SSSR count). The molecule has 0 aromatic carbocycles. The van der Waals surface area contributed by atoms with Gasteiger partial charge in [-0.25, -0.2) is 0 Å². The fraction of sp³-hybridized carbons (Fsp3) is 0.667. The quantitative estimate of drug-likeness (QED) is 0.840. The molecule has 1 aliphatic carbocycles. The maximum atomic E-state index is 5.43. The van der Waals surface area contributed by atoms with Crippen LogP contribution in [0.3, 0.4) is 0 Å². The minimum atomic E-state index is 0.707. The number of nitrogens with one attached hydrogen (secondary N) is 1. The Morgan fingerprint density at radius 1 is 1.44 bits per heavy atom. The smallest absolute Gasteiger partial charge is 0.128 e. The second kappa shape index (κ2) is 5.70. The zero-order valence-corrected chi connectivity index (χ0v) is 11.9. The molecule has 1 heterocycles. The topological polar surface area (TPSA) is 34.2 Å². The Morgan fingerprint density at radius 2 is 2.22 bits per heavy atom. The second-order valence-electron chi connectivity index (χ2n) is 5.32. The first-order valence-electron chi connectivity index (χ1n) is 6.89. The van der Waals surface area contributed by atoms with E-state index in [4.69, 9.17) is 4.74 Å². The highest BCUT2D eigenvalue weighted by atomic mass is 16.5. The van der Waals surface area contributed by atoms with Gasteiger partial charge in [-0.1, -0.05) is 13.3 Å². The number of aromatic nitrogens is 1. The van der Waals surface area contributed by atoms with E-state index < -0.39 is 0 Å². The van der Waals surface area contributed by atoms with Crippen molar-refractivity contribution in [2.45, 2.75) is 52.6 Å². The molecule has 0 amide bonds. The molecule has 0 aliphatic heterocycles. The Labute approximate surface area is 110 Å². The van der Waals surface area contributed by atoms with Gasteiger partial charge in [0.1, 0.15) is 5.75 Å². The Bertz CT molecular complexity index is 417.